The second-order valence-electron chi connectivity index (χ2n) is 7.44. The molecule has 2 aromatic rings. The summed E-state index contributed by atoms with van der Waals surface area (Å²) in [6.07, 6.45) is 5.87. The Morgan fingerprint density at radius 1 is 0.970 bits per heavy atom. The first-order valence-corrected chi connectivity index (χ1v) is 12.1. The van der Waals surface area contributed by atoms with Crippen molar-refractivity contribution < 1.29 is 19.1 Å². The van der Waals surface area contributed by atoms with Gasteiger partial charge in [0.05, 0.1) is 6.61 Å². The van der Waals surface area contributed by atoms with Crippen LogP contribution in [-0.2, 0) is 4.79 Å². The molecule has 178 valence electrons. The van der Waals surface area contributed by atoms with Crippen LogP contribution in [0.3, 0.4) is 0 Å². The monoisotopic (exact) mass is 535 g/mol. The number of halogens is 1. The minimum absolute atomic E-state index is 0.0272. The quantitative estimate of drug-likeness (QED) is 0.217. The Labute approximate surface area is 208 Å². The van der Waals surface area contributed by atoms with Crippen LogP contribution in [0.2, 0.25) is 0 Å². The first-order valence-electron chi connectivity index (χ1n) is 10.9. The molecule has 0 aromatic heterocycles. The summed E-state index contributed by atoms with van der Waals surface area (Å²) in [5, 5.41) is 2.48. The minimum atomic E-state index is -0.440. The number of unbranched alkanes of at least 4 members (excludes halogenated alkanes) is 4. The molecule has 0 saturated carbocycles. The fraction of sp³-hybridized carbons (Fsp3) is 0.375. The molecule has 3 N–H and O–H groups in total. The van der Waals surface area contributed by atoms with E-state index < -0.39 is 11.8 Å². The van der Waals surface area contributed by atoms with E-state index in [4.69, 9.17) is 21.7 Å². The number of carbonyl (C=O) groups excluding carboxylic acids is 2. The summed E-state index contributed by atoms with van der Waals surface area (Å²) in [6.45, 7) is 4.53. The summed E-state index contributed by atoms with van der Waals surface area (Å²) < 4.78 is 12.1. The molecule has 0 fully saturated rings. The molecule has 0 aliphatic rings. The Balaban J connectivity index is 1.67. The molecular formula is C24H30BrN3O4S. The van der Waals surface area contributed by atoms with Gasteiger partial charge in [-0.15, -0.1) is 0 Å². The minimum Gasteiger partial charge on any atom is -0.494 e. The van der Waals surface area contributed by atoms with E-state index in [0.717, 1.165) is 28.6 Å². The molecule has 0 bridgehead atoms. The number of aryl methyl sites for hydroxylation is 1. The van der Waals surface area contributed by atoms with Gasteiger partial charge in [-0.25, -0.2) is 0 Å². The number of ether oxygens (including phenoxy) is 2. The lowest BCUT2D eigenvalue weighted by molar-refractivity contribution is -0.123. The van der Waals surface area contributed by atoms with Crippen molar-refractivity contribution in [1.82, 2.24) is 16.2 Å². The van der Waals surface area contributed by atoms with Gasteiger partial charge in [0.25, 0.3) is 11.8 Å². The van der Waals surface area contributed by atoms with E-state index in [-0.39, 0.29) is 11.7 Å². The molecule has 0 aliphatic heterocycles. The molecule has 7 nitrogen and oxygen atoms in total. The number of benzene rings is 2. The summed E-state index contributed by atoms with van der Waals surface area (Å²) in [7, 11) is 0. The van der Waals surface area contributed by atoms with Gasteiger partial charge in [0.2, 0.25) is 0 Å². The van der Waals surface area contributed by atoms with Crippen LogP contribution in [0.5, 0.6) is 11.5 Å². The summed E-state index contributed by atoms with van der Waals surface area (Å²) >= 11 is 8.44. The third-order valence-corrected chi connectivity index (χ3v) is 5.37. The van der Waals surface area contributed by atoms with Gasteiger partial charge in [-0.1, -0.05) is 48.5 Å². The Hall–Kier alpha value is -2.65. The molecular weight excluding hydrogens is 506 g/mol. The Bertz CT molecular complexity index is 938. The van der Waals surface area contributed by atoms with Crippen molar-refractivity contribution >= 4 is 45.1 Å². The highest BCUT2D eigenvalue weighted by Gasteiger charge is 2.10. The number of rotatable bonds is 11. The molecule has 0 unspecified atom stereocenters. The number of hydrazine groups is 1. The van der Waals surface area contributed by atoms with Crippen LogP contribution in [0.25, 0.3) is 0 Å². The number of nitrogens with one attached hydrogen (secondary N) is 3. The second kappa shape index (κ2) is 14.5. The largest absolute Gasteiger partial charge is 0.494 e. The fourth-order valence-electron chi connectivity index (χ4n) is 2.89. The maximum absolute atomic E-state index is 12.3. The maximum atomic E-state index is 12.3. The standard InChI is InChI=1S/C24H30BrN3O4S/c1-3-4-5-6-7-14-31-20-11-8-18(9-12-20)23(30)26-24(33)28-27-22(29)16-32-21-13-10-19(25)15-17(21)2/h8-13,15H,3-7,14,16H2,1-2H3,(H,27,29)(H2,26,28,30,33). The van der Waals surface area contributed by atoms with Gasteiger partial charge in [-0.05, 0) is 73.6 Å². The molecule has 0 aliphatic carbocycles. The molecule has 0 heterocycles. The highest BCUT2D eigenvalue weighted by atomic mass is 79.9. The van der Waals surface area contributed by atoms with E-state index >= 15 is 0 Å². The van der Waals surface area contributed by atoms with Crippen molar-refractivity contribution in [3.8, 4) is 11.5 Å². The first kappa shape index (κ1) is 26.6. The molecule has 0 spiro atoms. The number of carbonyl (C=O) groups is 2. The Morgan fingerprint density at radius 2 is 1.70 bits per heavy atom. The lowest BCUT2D eigenvalue weighted by Crippen LogP contribution is -2.49. The summed E-state index contributed by atoms with van der Waals surface area (Å²) in [5.74, 6) is 0.490. The van der Waals surface area contributed by atoms with Crippen molar-refractivity contribution in [2.24, 2.45) is 0 Å². The SMILES string of the molecule is CCCCCCCOc1ccc(C(=O)NC(=S)NNC(=O)COc2ccc(Br)cc2C)cc1. The van der Waals surface area contributed by atoms with Crippen LogP contribution in [0.1, 0.15) is 54.9 Å². The molecule has 2 aromatic carbocycles. The van der Waals surface area contributed by atoms with Crippen LogP contribution < -0.4 is 25.6 Å². The lowest BCUT2D eigenvalue weighted by atomic mass is 10.2. The lowest BCUT2D eigenvalue weighted by Gasteiger charge is -2.12. The van der Waals surface area contributed by atoms with E-state index in [0.29, 0.717) is 17.9 Å². The average Bonchev–Trinajstić information content (AvgIpc) is 2.79. The first-order chi connectivity index (χ1) is 15.9. The third-order valence-electron chi connectivity index (χ3n) is 4.67. The summed E-state index contributed by atoms with van der Waals surface area (Å²) in [5.41, 5.74) is 6.21. The predicted octanol–water partition coefficient (Wildman–Crippen LogP) is 4.82. The van der Waals surface area contributed by atoms with Crippen molar-refractivity contribution in [2.75, 3.05) is 13.2 Å². The third kappa shape index (κ3) is 10.2. The van der Waals surface area contributed by atoms with Gasteiger partial charge in [-0.2, -0.15) is 0 Å². The molecule has 9 heteroatoms. The van der Waals surface area contributed by atoms with Crippen molar-refractivity contribution in [2.45, 2.75) is 46.0 Å². The van der Waals surface area contributed by atoms with Crippen LogP contribution in [0, 0.1) is 6.92 Å². The highest BCUT2D eigenvalue weighted by molar-refractivity contribution is 9.10. The zero-order valence-electron chi connectivity index (χ0n) is 18.9. The predicted molar refractivity (Wildman–Crippen MR) is 136 cm³/mol. The Kier molecular flexibility index (Phi) is 11.7. The van der Waals surface area contributed by atoms with Gasteiger partial charge in [0, 0.05) is 10.0 Å². The van der Waals surface area contributed by atoms with Gasteiger partial charge in [-0.3, -0.25) is 25.8 Å². The van der Waals surface area contributed by atoms with Crippen LogP contribution in [0.4, 0.5) is 0 Å². The molecule has 2 amide bonds. The Morgan fingerprint density at radius 3 is 2.39 bits per heavy atom. The van der Waals surface area contributed by atoms with Gasteiger partial charge < -0.3 is 9.47 Å². The average molecular weight is 536 g/mol. The van der Waals surface area contributed by atoms with Crippen LogP contribution in [0.15, 0.2) is 46.9 Å². The molecule has 33 heavy (non-hydrogen) atoms. The molecule has 2 rings (SSSR count). The van der Waals surface area contributed by atoms with Crippen molar-refractivity contribution in [1.29, 1.82) is 0 Å². The maximum Gasteiger partial charge on any atom is 0.276 e. The van der Waals surface area contributed by atoms with E-state index in [1.54, 1.807) is 30.3 Å². The van der Waals surface area contributed by atoms with Crippen molar-refractivity contribution in [3.63, 3.8) is 0 Å². The van der Waals surface area contributed by atoms with Gasteiger partial charge >= 0.3 is 0 Å². The van der Waals surface area contributed by atoms with Gasteiger partial charge in [0.1, 0.15) is 11.5 Å². The zero-order valence-corrected chi connectivity index (χ0v) is 21.3. The van der Waals surface area contributed by atoms with E-state index in [2.05, 4.69) is 39.0 Å². The van der Waals surface area contributed by atoms with Gasteiger partial charge in [0.15, 0.2) is 11.7 Å². The summed E-state index contributed by atoms with van der Waals surface area (Å²) in [4.78, 5) is 24.3. The number of hydrogen-bond donors (Lipinski definition) is 3. The zero-order chi connectivity index (χ0) is 24.1. The molecule has 0 saturated heterocycles. The van der Waals surface area contributed by atoms with Crippen LogP contribution in [-0.4, -0.2) is 30.1 Å². The topological polar surface area (TPSA) is 88.7 Å². The number of hydrogen-bond acceptors (Lipinski definition) is 5. The summed E-state index contributed by atoms with van der Waals surface area (Å²) in [6, 6.07) is 12.3. The fourth-order valence-corrected chi connectivity index (χ4v) is 3.50. The second-order valence-corrected chi connectivity index (χ2v) is 8.77. The van der Waals surface area contributed by atoms with Crippen molar-refractivity contribution in [3.05, 3.63) is 58.1 Å². The number of amides is 2. The molecule has 0 atom stereocenters. The highest BCUT2D eigenvalue weighted by Crippen LogP contribution is 2.22. The normalized spacial score (nSPS) is 10.3. The van der Waals surface area contributed by atoms with Crippen LogP contribution >= 0.6 is 28.1 Å². The van der Waals surface area contributed by atoms with E-state index in [1.165, 1.54) is 19.3 Å². The smallest absolute Gasteiger partial charge is 0.276 e. The molecule has 0 radical (unpaired) electrons. The van der Waals surface area contributed by atoms with E-state index in [1.807, 2.05) is 19.1 Å². The number of thiocarbonyl (C=S) groups is 1. The van der Waals surface area contributed by atoms with E-state index in [9.17, 15) is 9.59 Å².